The Morgan fingerprint density at radius 1 is 1.16 bits per heavy atom. The molecular weight excluding hydrogens is 314 g/mol. The monoisotopic (exact) mass is 343 g/mol. The molecule has 2 heterocycles. The first-order chi connectivity index (χ1) is 12.0. The highest BCUT2D eigenvalue weighted by Crippen LogP contribution is 2.21. The van der Waals surface area contributed by atoms with Crippen molar-refractivity contribution in [1.82, 2.24) is 9.80 Å². The van der Waals surface area contributed by atoms with Gasteiger partial charge >= 0.3 is 6.03 Å². The number of hydrogen-bond acceptors (Lipinski definition) is 3. The van der Waals surface area contributed by atoms with E-state index in [2.05, 4.69) is 10.2 Å². The Morgan fingerprint density at radius 3 is 2.60 bits per heavy atom. The summed E-state index contributed by atoms with van der Waals surface area (Å²) in [5.41, 5.74) is 2.36. The van der Waals surface area contributed by atoms with E-state index in [0.29, 0.717) is 11.5 Å². The molecule has 0 bridgehead atoms. The van der Waals surface area contributed by atoms with Gasteiger partial charge in [0.1, 0.15) is 0 Å². The van der Waals surface area contributed by atoms with Crippen LogP contribution in [0.3, 0.4) is 0 Å². The van der Waals surface area contributed by atoms with Gasteiger partial charge < -0.3 is 15.1 Å². The second-order valence-electron chi connectivity index (χ2n) is 7.48. The molecule has 1 aromatic rings. The lowest BCUT2D eigenvalue weighted by molar-refractivity contribution is 0.101. The number of likely N-dealkylation sites (tertiary alicyclic amines) is 2. The van der Waals surface area contributed by atoms with Gasteiger partial charge in [0, 0.05) is 30.9 Å². The molecule has 0 aliphatic carbocycles. The first-order valence-electron chi connectivity index (χ1n) is 9.43. The van der Waals surface area contributed by atoms with Crippen molar-refractivity contribution in [2.45, 2.75) is 39.5 Å². The predicted molar refractivity (Wildman–Crippen MR) is 100 cm³/mol. The summed E-state index contributed by atoms with van der Waals surface area (Å²) in [6.45, 7) is 8.68. The van der Waals surface area contributed by atoms with Gasteiger partial charge in [0.05, 0.1) is 0 Å². The first kappa shape index (κ1) is 17.9. The number of nitrogens with one attached hydrogen (secondary N) is 1. The molecule has 0 saturated carbocycles. The number of amides is 2. The highest BCUT2D eigenvalue weighted by Gasteiger charge is 2.28. The molecule has 0 radical (unpaired) electrons. The number of nitrogens with zero attached hydrogens (tertiary/aromatic N) is 2. The molecule has 2 fully saturated rings. The van der Waals surface area contributed by atoms with E-state index < -0.39 is 0 Å². The Kier molecular flexibility index (Phi) is 5.74. The highest BCUT2D eigenvalue weighted by molar-refractivity contribution is 5.97. The van der Waals surface area contributed by atoms with Gasteiger partial charge in [-0.2, -0.15) is 0 Å². The molecule has 2 amide bonds. The zero-order chi connectivity index (χ0) is 17.8. The average Bonchev–Trinajstić information content (AvgIpc) is 3.04. The fourth-order valence-corrected chi connectivity index (χ4v) is 4.01. The van der Waals surface area contributed by atoms with Crippen molar-refractivity contribution in [3.63, 3.8) is 0 Å². The zero-order valence-electron chi connectivity index (χ0n) is 15.4. The van der Waals surface area contributed by atoms with E-state index >= 15 is 0 Å². The second-order valence-corrected chi connectivity index (χ2v) is 7.48. The summed E-state index contributed by atoms with van der Waals surface area (Å²) in [5, 5.41) is 2.98. The van der Waals surface area contributed by atoms with E-state index in [-0.39, 0.29) is 11.8 Å². The fourth-order valence-electron chi connectivity index (χ4n) is 4.01. The summed E-state index contributed by atoms with van der Waals surface area (Å²) < 4.78 is 0. The third kappa shape index (κ3) is 4.60. The van der Waals surface area contributed by atoms with E-state index in [0.717, 1.165) is 37.3 Å². The quantitative estimate of drug-likeness (QED) is 0.851. The number of piperidine rings is 1. The van der Waals surface area contributed by atoms with Crippen LogP contribution in [0.25, 0.3) is 0 Å². The zero-order valence-corrected chi connectivity index (χ0v) is 15.4. The lowest BCUT2D eigenvalue weighted by Crippen LogP contribution is -2.37. The smallest absolute Gasteiger partial charge is 0.321 e. The van der Waals surface area contributed by atoms with Crippen LogP contribution >= 0.6 is 0 Å². The molecule has 2 aliphatic rings. The molecule has 25 heavy (non-hydrogen) atoms. The predicted octanol–water partition coefficient (Wildman–Crippen LogP) is 3.54. The Hall–Kier alpha value is -1.88. The average molecular weight is 343 g/mol. The van der Waals surface area contributed by atoms with Crippen molar-refractivity contribution in [3.8, 4) is 0 Å². The summed E-state index contributed by atoms with van der Waals surface area (Å²) >= 11 is 0. The number of anilines is 1. The Balaban J connectivity index is 1.52. The topological polar surface area (TPSA) is 52.7 Å². The van der Waals surface area contributed by atoms with Crippen LogP contribution in [0.4, 0.5) is 10.5 Å². The minimum atomic E-state index is -0.0314. The molecule has 1 N–H and O–H groups in total. The molecule has 2 saturated heterocycles. The summed E-state index contributed by atoms with van der Waals surface area (Å²) in [5.74, 6) is 0.640. The van der Waals surface area contributed by atoms with E-state index in [1.807, 2.05) is 24.0 Å². The van der Waals surface area contributed by atoms with E-state index in [1.54, 1.807) is 13.0 Å². The van der Waals surface area contributed by atoms with Crippen LogP contribution in [0.15, 0.2) is 18.2 Å². The third-order valence-electron chi connectivity index (χ3n) is 5.40. The molecule has 2 aliphatic heterocycles. The molecule has 3 rings (SSSR count). The van der Waals surface area contributed by atoms with Gasteiger partial charge in [0.25, 0.3) is 0 Å². The number of aryl methyl sites for hydroxylation is 1. The van der Waals surface area contributed by atoms with Crippen LogP contribution in [0, 0.1) is 12.8 Å². The van der Waals surface area contributed by atoms with Gasteiger partial charge in [-0.25, -0.2) is 4.79 Å². The van der Waals surface area contributed by atoms with E-state index in [1.165, 1.54) is 32.4 Å². The minimum absolute atomic E-state index is 0.0314. The lowest BCUT2D eigenvalue weighted by Gasteiger charge is -2.29. The van der Waals surface area contributed by atoms with Crippen molar-refractivity contribution in [2.75, 3.05) is 38.0 Å². The van der Waals surface area contributed by atoms with Gasteiger partial charge in [0.2, 0.25) is 0 Å². The minimum Gasteiger partial charge on any atom is -0.324 e. The number of carbonyl (C=O) groups excluding carboxylic acids is 2. The first-order valence-corrected chi connectivity index (χ1v) is 9.43. The van der Waals surface area contributed by atoms with Gasteiger partial charge in [-0.1, -0.05) is 6.42 Å². The molecule has 136 valence electrons. The normalized spacial score (nSPS) is 21.4. The molecule has 5 nitrogen and oxygen atoms in total. The number of rotatable bonds is 4. The van der Waals surface area contributed by atoms with Crippen LogP contribution in [0.2, 0.25) is 0 Å². The fraction of sp³-hybridized carbons (Fsp3) is 0.600. The van der Waals surface area contributed by atoms with E-state index in [4.69, 9.17) is 0 Å². The molecule has 0 unspecified atom stereocenters. The number of benzene rings is 1. The van der Waals surface area contributed by atoms with Crippen molar-refractivity contribution in [2.24, 2.45) is 5.92 Å². The summed E-state index contributed by atoms with van der Waals surface area (Å²) in [7, 11) is 0. The SMILES string of the molecule is CC(=O)c1ccc(NC(=O)N2CC[C@@H](CN3CCCCC3)C2)cc1C. The number of urea groups is 1. The Morgan fingerprint density at radius 2 is 1.92 bits per heavy atom. The van der Waals surface area contributed by atoms with Gasteiger partial charge in [-0.15, -0.1) is 0 Å². The molecule has 5 heteroatoms. The number of hydrogen-bond donors (Lipinski definition) is 1. The lowest BCUT2D eigenvalue weighted by atomic mass is 10.1. The van der Waals surface area contributed by atoms with Gasteiger partial charge in [-0.05, 0) is 75.9 Å². The van der Waals surface area contributed by atoms with Crippen LogP contribution in [0.5, 0.6) is 0 Å². The maximum atomic E-state index is 12.5. The standard InChI is InChI=1S/C20H29N3O2/c1-15-12-18(6-7-19(15)16(2)24)21-20(25)23-11-8-17(14-23)13-22-9-4-3-5-10-22/h6-7,12,17H,3-5,8-11,13-14H2,1-2H3,(H,21,25)/t17-/m0/s1. The summed E-state index contributed by atoms with van der Waals surface area (Å²) in [6.07, 6.45) is 5.07. The Labute approximate surface area is 150 Å². The molecule has 1 aromatic carbocycles. The summed E-state index contributed by atoms with van der Waals surface area (Å²) in [4.78, 5) is 28.5. The van der Waals surface area contributed by atoms with Crippen LogP contribution in [0.1, 0.15) is 48.5 Å². The van der Waals surface area contributed by atoms with Crippen molar-refractivity contribution < 1.29 is 9.59 Å². The highest BCUT2D eigenvalue weighted by atomic mass is 16.2. The number of ketones is 1. The largest absolute Gasteiger partial charge is 0.324 e. The second kappa shape index (κ2) is 8.00. The van der Waals surface area contributed by atoms with Crippen LogP contribution in [-0.4, -0.2) is 54.3 Å². The van der Waals surface area contributed by atoms with Crippen LogP contribution < -0.4 is 5.32 Å². The maximum Gasteiger partial charge on any atom is 0.321 e. The maximum absolute atomic E-state index is 12.5. The van der Waals surface area contributed by atoms with Gasteiger partial charge in [-0.3, -0.25) is 4.79 Å². The molecule has 1 atom stereocenters. The van der Waals surface area contributed by atoms with Gasteiger partial charge in [0.15, 0.2) is 5.78 Å². The number of Topliss-reactive ketones (excluding diaryl/α,β-unsaturated/α-hetero) is 1. The van der Waals surface area contributed by atoms with Crippen molar-refractivity contribution in [3.05, 3.63) is 29.3 Å². The molecular formula is C20H29N3O2. The molecule has 0 spiro atoms. The van der Waals surface area contributed by atoms with Crippen LogP contribution in [-0.2, 0) is 0 Å². The van der Waals surface area contributed by atoms with Crippen molar-refractivity contribution in [1.29, 1.82) is 0 Å². The third-order valence-corrected chi connectivity index (χ3v) is 5.40. The van der Waals surface area contributed by atoms with E-state index in [9.17, 15) is 9.59 Å². The van der Waals surface area contributed by atoms with Crippen molar-refractivity contribution >= 4 is 17.5 Å². The Bertz CT molecular complexity index is 638. The number of carbonyl (C=O) groups is 2. The molecule has 0 aromatic heterocycles. The summed E-state index contributed by atoms with van der Waals surface area (Å²) in [6, 6.07) is 5.44.